The van der Waals surface area contributed by atoms with Crippen LogP contribution < -0.4 is 0 Å². The van der Waals surface area contributed by atoms with E-state index < -0.39 is 28.7 Å². The van der Waals surface area contributed by atoms with E-state index in [-0.39, 0.29) is 22.8 Å². The van der Waals surface area contributed by atoms with Crippen molar-refractivity contribution in [1.29, 1.82) is 0 Å². The fraction of sp³-hybridized carbons (Fsp3) is 0.353. The Morgan fingerprint density at radius 2 is 2.00 bits per heavy atom. The second-order valence-electron chi connectivity index (χ2n) is 5.57. The molecule has 1 aliphatic rings. The predicted octanol–water partition coefficient (Wildman–Crippen LogP) is 2.61. The molecular weight excluding hydrogens is 364 g/mol. The first kappa shape index (κ1) is 19.6. The molecular formula is C17H17ClN2O6. The fourth-order valence-electron chi connectivity index (χ4n) is 3.01. The van der Waals surface area contributed by atoms with Gasteiger partial charge >= 0.3 is 11.9 Å². The second-order valence-corrected chi connectivity index (χ2v) is 5.84. The highest BCUT2D eigenvalue weighted by Crippen LogP contribution is 2.41. The summed E-state index contributed by atoms with van der Waals surface area (Å²) in [6.45, 7) is 1.62. The topological polar surface area (TPSA) is 108 Å². The molecule has 0 N–H and O–H groups in total. The Morgan fingerprint density at radius 3 is 2.54 bits per heavy atom. The maximum atomic E-state index is 12.4. The number of methoxy groups -OCH3 is 2. The van der Waals surface area contributed by atoms with Crippen molar-refractivity contribution in [1.82, 2.24) is 0 Å². The molecule has 0 fully saturated rings. The first-order valence-corrected chi connectivity index (χ1v) is 8.13. The molecule has 0 aromatic heterocycles. The Labute approximate surface area is 154 Å². The molecule has 0 bridgehead atoms. The van der Waals surface area contributed by atoms with Crippen LogP contribution in [0.1, 0.15) is 18.4 Å². The summed E-state index contributed by atoms with van der Waals surface area (Å²) in [5, 5.41) is 11.1. The molecule has 1 aromatic rings. The van der Waals surface area contributed by atoms with Crippen molar-refractivity contribution in [2.45, 2.75) is 12.8 Å². The molecule has 138 valence electrons. The van der Waals surface area contributed by atoms with Crippen molar-refractivity contribution < 1.29 is 24.0 Å². The molecule has 8 nitrogen and oxygen atoms in total. The summed E-state index contributed by atoms with van der Waals surface area (Å²) in [6.07, 6.45) is 0. The second kappa shape index (κ2) is 8.09. The number of benzene rings is 1. The minimum Gasteiger partial charge on any atom is -0.468 e. The van der Waals surface area contributed by atoms with E-state index >= 15 is 0 Å². The fourth-order valence-corrected chi connectivity index (χ4v) is 3.21. The van der Waals surface area contributed by atoms with Crippen LogP contribution in [0.15, 0.2) is 40.5 Å². The molecule has 0 saturated carbocycles. The number of ether oxygens (including phenoxy) is 2. The summed E-state index contributed by atoms with van der Waals surface area (Å²) in [4.78, 5) is 39.6. The van der Waals surface area contributed by atoms with Crippen LogP contribution in [0.5, 0.6) is 0 Å². The Kier molecular flexibility index (Phi) is 6.10. The highest BCUT2D eigenvalue weighted by atomic mass is 35.5. The lowest BCUT2D eigenvalue weighted by Gasteiger charge is -2.31. The van der Waals surface area contributed by atoms with Gasteiger partial charge in [-0.2, -0.15) is 0 Å². The molecule has 0 aliphatic carbocycles. The lowest BCUT2D eigenvalue weighted by molar-refractivity contribution is -0.384. The molecule has 2 rings (SSSR count). The van der Waals surface area contributed by atoms with Crippen molar-refractivity contribution in [3.63, 3.8) is 0 Å². The molecule has 0 radical (unpaired) electrons. The number of carbonyl (C=O) groups excluding carboxylic acids is 2. The number of aliphatic imine (C=N–C) groups is 1. The van der Waals surface area contributed by atoms with Gasteiger partial charge in [-0.3, -0.25) is 19.9 Å². The van der Waals surface area contributed by atoms with Gasteiger partial charge in [-0.1, -0.05) is 12.1 Å². The van der Waals surface area contributed by atoms with E-state index in [2.05, 4.69) is 4.99 Å². The Morgan fingerprint density at radius 1 is 1.31 bits per heavy atom. The number of allylic oxidation sites excluding steroid dienone is 1. The smallest absolute Gasteiger partial charge is 0.336 e. The summed E-state index contributed by atoms with van der Waals surface area (Å²) in [6, 6.07) is 5.72. The van der Waals surface area contributed by atoms with Crippen LogP contribution in [-0.4, -0.2) is 42.7 Å². The van der Waals surface area contributed by atoms with Gasteiger partial charge in [-0.25, -0.2) is 4.79 Å². The zero-order chi connectivity index (χ0) is 19.4. The zero-order valence-electron chi connectivity index (χ0n) is 14.4. The monoisotopic (exact) mass is 380 g/mol. The Hall–Kier alpha value is -2.74. The molecule has 0 amide bonds. The number of nitrogens with zero attached hydrogens (tertiary/aromatic N) is 2. The number of alkyl halides is 1. The van der Waals surface area contributed by atoms with Gasteiger partial charge in [-0.15, -0.1) is 11.6 Å². The number of nitro groups is 1. The zero-order valence-corrected chi connectivity index (χ0v) is 15.1. The van der Waals surface area contributed by atoms with Gasteiger partial charge < -0.3 is 9.47 Å². The molecule has 26 heavy (non-hydrogen) atoms. The highest BCUT2D eigenvalue weighted by Gasteiger charge is 2.43. The first-order valence-electron chi connectivity index (χ1n) is 7.60. The van der Waals surface area contributed by atoms with E-state index in [1.54, 1.807) is 13.0 Å². The van der Waals surface area contributed by atoms with Gasteiger partial charge in [0.15, 0.2) is 0 Å². The van der Waals surface area contributed by atoms with Crippen LogP contribution in [0.25, 0.3) is 0 Å². The summed E-state index contributed by atoms with van der Waals surface area (Å²) >= 11 is 5.94. The molecule has 0 saturated heterocycles. The molecule has 1 aliphatic heterocycles. The third-order valence-electron chi connectivity index (χ3n) is 4.14. The third kappa shape index (κ3) is 3.60. The molecule has 0 spiro atoms. The third-order valence-corrected chi connectivity index (χ3v) is 4.40. The van der Waals surface area contributed by atoms with Crippen molar-refractivity contribution in [3.05, 3.63) is 51.2 Å². The number of rotatable bonds is 5. The minimum atomic E-state index is -0.928. The Bertz CT molecular complexity index is 817. The quantitative estimate of drug-likeness (QED) is 0.336. The predicted molar refractivity (Wildman–Crippen MR) is 94.2 cm³/mol. The van der Waals surface area contributed by atoms with Gasteiger partial charge in [0, 0.05) is 23.8 Å². The SMILES string of the molecule is COC(=O)C1=C(CCl)N=C(C)C(C(=O)OC)C1c1cccc([N+](=O)[O-])c1. The number of nitro benzene ring substituents is 1. The number of hydrogen-bond donors (Lipinski definition) is 0. The lowest BCUT2D eigenvalue weighted by Crippen LogP contribution is -2.36. The molecule has 1 heterocycles. The van der Waals surface area contributed by atoms with Crippen LogP contribution in [0.4, 0.5) is 5.69 Å². The van der Waals surface area contributed by atoms with Crippen molar-refractivity contribution in [3.8, 4) is 0 Å². The van der Waals surface area contributed by atoms with Crippen LogP contribution in [0.2, 0.25) is 0 Å². The van der Waals surface area contributed by atoms with Crippen molar-refractivity contribution >= 4 is 34.9 Å². The van der Waals surface area contributed by atoms with Crippen LogP contribution in [-0.2, 0) is 19.1 Å². The average Bonchev–Trinajstić information content (AvgIpc) is 2.65. The summed E-state index contributed by atoms with van der Waals surface area (Å²) in [5.41, 5.74) is 0.975. The average molecular weight is 381 g/mol. The number of hydrogen-bond acceptors (Lipinski definition) is 7. The number of non-ortho nitro benzene ring substituents is 1. The normalized spacial score (nSPS) is 19.6. The number of halogens is 1. The molecule has 2 unspecified atom stereocenters. The van der Waals surface area contributed by atoms with Gasteiger partial charge in [0.2, 0.25) is 0 Å². The maximum absolute atomic E-state index is 12.4. The van der Waals surface area contributed by atoms with Crippen LogP contribution in [0.3, 0.4) is 0 Å². The van der Waals surface area contributed by atoms with E-state index in [0.29, 0.717) is 11.3 Å². The van der Waals surface area contributed by atoms with Gasteiger partial charge in [0.1, 0.15) is 5.92 Å². The van der Waals surface area contributed by atoms with E-state index in [4.69, 9.17) is 21.1 Å². The maximum Gasteiger partial charge on any atom is 0.336 e. The van der Waals surface area contributed by atoms with E-state index in [1.807, 2.05) is 0 Å². The highest BCUT2D eigenvalue weighted by molar-refractivity contribution is 6.20. The summed E-state index contributed by atoms with van der Waals surface area (Å²) in [7, 11) is 2.42. The van der Waals surface area contributed by atoms with Crippen molar-refractivity contribution in [2.24, 2.45) is 10.9 Å². The molecule has 1 aromatic carbocycles. The van der Waals surface area contributed by atoms with Crippen LogP contribution in [0, 0.1) is 16.0 Å². The lowest BCUT2D eigenvalue weighted by atomic mass is 9.75. The largest absolute Gasteiger partial charge is 0.468 e. The van der Waals surface area contributed by atoms with Gasteiger partial charge in [0.05, 0.1) is 36.3 Å². The number of carbonyl (C=O) groups is 2. The van der Waals surface area contributed by atoms with E-state index in [1.165, 1.54) is 32.4 Å². The molecule has 2 atom stereocenters. The number of esters is 2. The Balaban J connectivity index is 2.75. The van der Waals surface area contributed by atoms with Gasteiger partial charge in [0.25, 0.3) is 5.69 Å². The minimum absolute atomic E-state index is 0.0822. The summed E-state index contributed by atoms with van der Waals surface area (Å²) < 4.78 is 9.70. The van der Waals surface area contributed by atoms with E-state index in [0.717, 1.165) is 0 Å². The molecule has 9 heteroatoms. The first-order chi connectivity index (χ1) is 12.3. The summed E-state index contributed by atoms with van der Waals surface area (Å²) in [5.74, 6) is -3.19. The standard InChI is InChI=1S/C17H17ClN2O6/c1-9-13(16(21)25-2)14(10-5-4-6-11(7-10)20(23)24)15(17(22)26-3)12(8-18)19-9/h4-7,13-14H,8H2,1-3H3. The van der Waals surface area contributed by atoms with E-state index in [9.17, 15) is 19.7 Å². The van der Waals surface area contributed by atoms with Crippen LogP contribution >= 0.6 is 11.6 Å². The van der Waals surface area contributed by atoms with Gasteiger partial charge in [-0.05, 0) is 12.5 Å². The van der Waals surface area contributed by atoms with Crippen molar-refractivity contribution in [2.75, 3.05) is 20.1 Å².